The van der Waals surface area contributed by atoms with Crippen molar-refractivity contribution in [1.82, 2.24) is 5.32 Å². The lowest BCUT2D eigenvalue weighted by Crippen LogP contribution is -2.38. The minimum Gasteiger partial charge on any atom is -0.497 e. The first-order valence-corrected chi connectivity index (χ1v) is 6.82. The summed E-state index contributed by atoms with van der Waals surface area (Å²) in [7, 11) is 1.52. The highest BCUT2D eigenvalue weighted by Gasteiger charge is 2.29. The Labute approximate surface area is 123 Å². The number of fused-ring (bicyclic) bond motifs is 1. The number of carbonyl (C=O) groups excluding carboxylic acids is 1. The zero-order chi connectivity index (χ0) is 15.6. The number of aliphatic hydroxyl groups excluding tert-OH is 1. The number of rotatable bonds is 5. The highest BCUT2D eigenvalue weighted by molar-refractivity contribution is 7.21. The molecule has 2 aromatic rings. The number of benzene rings is 1. The first-order valence-electron chi connectivity index (χ1n) is 6.01. The van der Waals surface area contributed by atoms with E-state index < -0.39 is 25.0 Å². The zero-order valence-corrected chi connectivity index (χ0v) is 12.0. The monoisotopic (exact) mass is 316 g/mol. The summed E-state index contributed by atoms with van der Waals surface area (Å²) < 4.78 is 31.7. The van der Waals surface area contributed by atoms with Gasteiger partial charge in [0.1, 0.15) is 17.2 Å². The molecule has 1 aromatic heterocycles. The zero-order valence-electron chi connectivity index (χ0n) is 11.2. The molecule has 0 aliphatic heterocycles. The third kappa shape index (κ3) is 3.22. The van der Waals surface area contributed by atoms with Gasteiger partial charge in [0.2, 0.25) is 0 Å². The number of ether oxygens (including phenoxy) is 1. The van der Waals surface area contributed by atoms with Crippen molar-refractivity contribution < 1.29 is 23.4 Å². The van der Waals surface area contributed by atoms with Crippen molar-refractivity contribution in [3.05, 3.63) is 23.1 Å². The molecule has 0 aliphatic carbocycles. The van der Waals surface area contributed by atoms with Gasteiger partial charge in [0.05, 0.1) is 19.3 Å². The minimum absolute atomic E-state index is 0.159. The number of nitrogens with two attached hydrogens (primary N) is 1. The predicted octanol–water partition coefficient (Wildman–Crippen LogP) is 1.85. The average molecular weight is 316 g/mol. The molecular weight excluding hydrogens is 302 g/mol. The second-order valence-electron chi connectivity index (χ2n) is 4.40. The van der Waals surface area contributed by atoms with Gasteiger partial charge < -0.3 is 20.9 Å². The van der Waals surface area contributed by atoms with Gasteiger partial charge in [0.15, 0.2) is 0 Å². The van der Waals surface area contributed by atoms with E-state index in [9.17, 15) is 13.6 Å². The van der Waals surface area contributed by atoms with Crippen LogP contribution in [0, 0.1) is 0 Å². The molecule has 1 aromatic carbocycles. The predicted molar refractivity (Wildman–Crippen MR) is 77.2 cm³/mol. The molecule has 1 heterocycles. The second kappa shape index (κ2) is 5.82. The summed E-state index contributed by atoms with van der Waals surface area (Å²) in [6.45, 7) is -2.27. The summed E-state index contributed by atoms with van der Waals surface area (Å²) in [5, 5.41) is 11.2. The number of nitrogen functional groups attached to an aromatic ring is 1. The van der Waals surface area contributed by atoms with E-state index >= 15 is 0 Å². The third-order valence-electron chi connectivity index (χ3n) is 2.88. The van der Waals surface area contributed by atoms with Crippen molar-refractivity contribution in [1.29, 1.82) is 0 Å². The quantitative estimate of drug-likeness (QED) is 0.786. The van der Waals surface area contributed by atoms with Gasteiger partial charge in [0.25, 0.3) is 11.8 Å². The van der Waals surface area contributed by atoms with Gasteiger partial charge >= 0.3 is 0 Å². The lowest BCUT2D eigenvalue weighted by atomic mass is 10.2. The standard InChI is InChI=1S/C13H14F2N2O3S/c1-20-7-2-3-8-9(4-7)21-11(10(8)16)12(19)17-5-13(14,15)6-18/h2-4,18H,5-6,16H2,1H3,(H,17,19). The summed E-state index contributed by atoms with van der Waals surface area (Å²) in [5.74, 6) is -3.44. The molecule has 0 fully saturated rings. The van der Waals surface area contributed by atoms with Crippen LogP contribution in [0.5, 0.6) is 5.75 Å². The van der Waals surface area contributed by atoms with Crippen LogP contribution >= 0.6 is 11.3 Å². The maximum Gasteiger partial charge on any atom is 0.287 e. The smallest absolute Gasteiger partial charge is 0.287 e. The van der Waals surface area contributed by atoms with Gasteiger partial charge in [-0.2, -0.15) is 0 Å². The number of hydrogen-bond acceptors (Lipinski definition) is 5. The Kier molecular flexibility index (Phi) is 4.29. The Morgan fingerprint density at radius 1 is 1.52 bits per heavy atom. The summed E-state index contributed by atoms with van der Waals surface area (Å²) in [4.78, 5) is 12.1. The van der Waals surface area contributed by atoms with Crippen LogP contribution in [0.15, 0.2) is 18.2 Å². The molecule has 0 unspecified atom stereocenters. The van der Waals surface area contributed by atoms with E-state index in [0.717, 1.165) is 16.0 Å². The first kappa shape index (κ1) is 15.5. The summed E-state index contributed by atoms with van der Waals surface area (Å²) in [6, 6.07) is 5.13. The van der Waals surface area contributed by atoms with Gasteiger partial charge in [-0.1, -0.05) is 0 Å². The fourth-order valence-electron chi connectivity index (χ4n) is 1.74. The topological polar surface area (TPSA) is 84.6 Å². The van der Waals surface area contributed by atoms with Crippen molar-refractivity contribution in [3.63, 3.8) is 0 Å². The van der Waals surface area contributed by atoms with E-state index in [2.05, 4.69) is 5.32 Å². The van der Waals surface area contributed by atoms with Crippen molar-refractivity contribution in [2.24, 2.45) is 0 Å². The Morgan fingerprint density at radius 3 is 2.86 bits per heavy atom. The van der Waals surface area contributed by atoms with Crippen LogP contribution in [0.25, 0.3) is 10.1 Å². The van der Waals surface area contributed by atoms with E-state index in [0.29, 0.717) is 11.1 Å². The highest BCUT2D eigenvalue weighted by atomic mass is 32.1. The summed E-state index contributed by atoms with van der Waals surface area (Å²) in [6.07, 6.45) is 0. The number of amides is 1. The lowest BCUT2D eigenvalue weighted by Gasteiger charge is -2.13. The van der Waals surface area contributed by atoms with Crippen molar-refractivity contribution >= 4 is 33.0 Å². The molecular formula is C13H14F2N2O3S. The van der Waals surface area contributed by atoms with Gasteiger partial charge in [-0.3, -0.25) is 4.79 Å². The molecule has 0 aliphatic rings. The van der Waals surface area contributed by atoms with Gasteiger partial charge in [-0.05, 0) is 18.2 Å². The molecule has 0 saturated heterocycles. The minimum atomic E-state index is -3.36. The Hall–Kier alpha value is -1.93. The molecule has 0 atom stereocenters. The van der Waals surface area contributed by atoms with Gasteiger partial charge in [0, 0.05) is 10.1 Å². The number of methoxy groups -OCH3 is 1. The molecule has 0 spiro atoms. The van der Waals surface area contributed by atoms with Crippen LogP contribution in [0.4, 0.5) is 14.5 Å². The van der Waals surface area contributed by atoms with E-state index in [1.165, 1.54) is 7.11 Å². The van der Waals surface area contributed by atoms with E-state index in [1.807, 2.05) is 0 Å². The number of carbonyl (C=O) groups is 1. The summed E-state index contributed by atoms with van der Waals surface area (Å²) in [5.41, 5.74) is 6.11. The number of hydrogen-bond donors (Lipinski definition) is 3. The molecule has 2 rings (SSSR count). The molecule has 0 radical (unpaired) electrons. The SMILES string of the molecule is COc1ccc2c(N)c(C(=O)NCC(F)(F)CO)sc2c1. The van der Waals surface area contributed by atoms with Crippen LogP contribution < -0.4 is 15.8 Å². The number of anilines is 1. The molecule has 5 nitrogen and oxygen atoms in total. The van der Waals surface area contributed by atoms with Gasteiger partial charge in [-0.25, -0.2) is 8.78 Å². The van der Waals surface area contributed by atoms with E-state index in [4.69, 9.17) is 15.6 Å². The number of halogens is 2. The number of alkyl halides is 2. The Balaban J connectivity index is 2.25. The Morgan fingerprint density at radius 2 is 2.24 bits per heavy atom. The van der Waals surface area contributed by atoms with Crippen LogP contribution in [-0.4, -0.2) is 37.2 Å². The van der Waals surface area contributed by atoms with E-state index in [-0.39, 0.29) is 10.6 Å². The summed E-state index contributed by atoms with van der Waals surface area (Å²) >= 11 is 1.10. The van der Waals surface area contributed by atoms with Crippen LogP contribution in [0.1, 0.15) is 9.67 Å². The lowest BCUT2D eigenvalue weighted by molar-refractivity contribution is -0.0461. The Bertz CT molecular complexity index is 673. The fourth-order valence-corrected chi connectivity index (χ4v) is 2.81. The average Bonchev–Trinajstić information content (AvgIpc) is 2.81. The third-order valence-corrected chi connectivity index (χ3v) is 4.05. The number of aliphatic hydroxyl groups is 1. The molecule has 1 amide bonds. The number of thiophene rings is 1. The van der Waals surface area contributed by atoms with Crippen LogP contribution in [0.3, 0.4) is 0 Å². The maximum absolute atomic E-state index is 12.9. The van der Waals surface area contributed by atoms with E-state index in [1.54, 1.807) is 18.2 Å². The highest BCUT2D eigenvalue weighted by Crippen LogP contribution is 2.35. The molecule has 114 valence electrons. The molecule has 8 heteroatoms. The number of nitrogens with one attached hydrogen (secondary N) is 1. The largest absolute Gasteiger partial charge is 0.497 e. The van der Waals surface area contributed by atoms with Crippen molar-refractivity contribution in [3.8, 4) is 5.75 Å². The van der Waals surface area contributed by atoms with Crippen molar-refractivity contribution in [2.45, 2.75) is 5.92 Å². The van der Waals surface area contributed by atoms with Crippen molar-refractivity contribution in [2.75, 3.05) is 26.0 Å². The van der Waals surface area contributed by atoms with Crippen LogP contribution in [-0.2, 0) is 0 Å². The molecule has 0 bridgehead atoms. The maximum atomic E-state index is 12.9. The van der Waals surface area contributed by atoms with Crippen LogP contribution in [0.2, 0.25) is 0 Å². The molecule has 21 heavy (non-hydrogen) atoms. The normalized spacial score (nSPS) is 11.6. The van der Waals surface area contributed by atoms with Gasteiger partial charge in [-0.15, -0.1) is 11.3 Å². The molecule has 4 N–H and O–H groups in total. The first-order chi connectivity index (χ1) is 9.88. The second-order valence-corrected chi connectivity index (χ2v) is 5.46. The molecule has 0 saturated carbocycles. The fraction of sp³-hybridized carbons (Fsp3) is 0.308.